The first-order valence-corrected chi connectivity index (χ1v) is 5.24. The summed E-state index contributed by atoms with van der Waals surface area (Å²) in [5, 5.41) is 10.4. The topological polar surface area (TPSA) is 37.3 Å². The number of benzene rings is 1. The highest BCUT2D eigenvalue weighted by Crippen LogP contribution is 2.28. The molecule has 0 aliphatic rings. The van der Waals surface area contributed by atoms with Gasteiger partial charge in [-0.1, -0.05) is 17.7 Å². The summed E-state index contributed by atoms with van der Waals surface area (Å²) in [6, 6.07) is 7.46. The molecule has 0 saturated carbocycles. The van der Waals surface area contributed by atoms with Crippen LogP contribution in [0.1, 0.15) is 4.88 Å². The standard InChI is InChI=1S/C10H7ClO2S/c11-7-2-1-6-3-8(5-10(12)13)14-9(6)4-7/h1-4H,5H2,(H,12,13). The van der Waals surface area contributed by atoms with E-state index in [1.165, 1.54) is 11.3 Å². The lowest BCUT2D eigenvalue weighted by Crippen LogP contribution is -1.96. The largest absolute Gasteiger partial charge is 0.481 e. The van der Waals surface area contributed by atoms with E-state index >= 15 is 0 Å². The molecule has 0 bridgehead atoms. The van der Waals surface area contributed by atoms with Crippen molar-refractivity contribution in [3.63, 3.8) is 0 Å². The highest BCUT2D eigenvalue weighted by atomic mass is 35.5. The van der Waals surface area contributed by atoms with Gasteiger partial charge in [-0.3, -0.25) is 4.79 Å². The highest BCUT2D eigenvalue weighted by molar-refractivity contribution is 7.19. The molecular weight excluding hydrogens is 220 g/mol. The number of fused-ring (bicyclic) bond motifs is 1. The molecule has 72 valence electrons. The summed E-state index contributed by atoms with van der Waals surface area (Å²) >= 11 is 7.30. The summed E-state index contributed by atoms with van der Waals surface area (Å²) in [5.74, 6) is -0.803. The summed E-state index contributed by atoms with van der Waals surface area (Å²) in [6.07, 6.45) is 0.0803. The molecule has 0 amide bonds. The number of hydrogen-bond acceptors (Lipinski definition) is 2. The van der Waals surface area contributed by atoms with Gasteiger partial charge in [0.2, 0.25) is 0 Å². The first kappa shape index (κ1) is 9.49. The quantitative estimate of drug-likeness (QED) is 0.854. The van der Waals surface area contributed by atoms with Crippen molar-refractivity contribution in [2.75, 3.05) is 0 Å². The van der Waals surface area contributed by atoms with Gasteiger partial charge in [0.25, 0.3) is 0 Å². The number of halogens is 1. The van der Waals surface area contributed by atoms with Crippen LogP contribution in [0.25, 0.3) is 10.1 Å². The summed E-state index contributed by atoms with van der Waals surface area (Å²) in [5.41, 5.74) is 0. The average Bonchev–Trinajstić information content (AvgIpc) is 2.44. The van der Waals surface area contributed by atoms with Crippen molar-refractivity contribution in [3.05, 3.63) is 34.2 Å². The molecule has 1 aromatic heterocycles. The molecule has 0 unspecified atom stereocenters. The van der Waals surface area contributed by atoms with Crippen LogP contribution in [-0.4, -0.2) is 11.1 Å². The molecule has 0 atom stereocenters. The van der Waals surface area contributed by atoms with Gasteiger partial charge in [-0.15, -0.1) is 11.3 Å². The lowest BCUT2D eigenvalue weighted by atomic mass is 10.2. The Labute approximate surface area is 89.7 Å². The fraction of sp³-hybridized carbons (Fsp3) is 0.100. The molecule has 1 heterocycles. The molecule has 0 aliphatic heterocycles. The summed E-state index contributed by atoms with van der Waals surface area (Å²) in [4.78, 5) is 11.3. The molecule has 1 N–H and O–H groups in total. The molecule has 0 spiro atoms. The number of carbonyl (C=O) groups is 1. The maximum atomic E-state index is 10.5. The maximum Gasteiger partial charge on any atom is 0.308 e. The van der Waals surface area contributed by atoms with E-state index in [1.807, 2.05) is 18.2 Å². The van der Waals surface area contributed by atoms with Crippen LogP contribution in [-0.2, 0) is 11.2 Å². The third-order valence-electron chi connectivity index (χ3n) is 1.86. The SMILES string of the molecule is O=C(O)Cc1cc2ccc(Cl)cc2s1. The van der Waals surface area contributed by atoms with Crippen molar-refractivity contribution in [2.24, 2.45) is 0 Å². The van der Waals surface area contributed by atoms with Gasteiger partial charge in [-0.25, -0.2) is 0 Å². The zero-order valence-electron chi connectivity index (χ0n) is 7.16. The van der Waals surface area contributed by atoms with Crippen LogP contribution in [0.4, 0.5) is 0 Å². The predicted molar refractivity (Wildman–Crippen MR) is 58.2 cm³/mol. The third kappa shape index (κ3) is 1.89. The van der Waals surface area contributed by atoms with E-state index in [0.29, 0.717) is 5.02 Å². The molecule has 0 radical (unpaired) electrons. The second-order valence-electron chi connectivity index (χ2n) is 2.97. The van der Waals surface area contributed by atoms with Gasteiger partial charge in [-0.05, 0) is 23.6 Å². The zero-order valence-corrected chi connectivity index (χ0v) is 8.73. The van der Waals surface area contributed by atoms with E-state index in [1.54, 1.807) is 6.07 Å². The molecule has 0 aliphatic carbocycles. The zero-order chi connectivity index (χ0) is 10.1. The minimum Gasteiger partial charge on any atom is -0.481 e. The Balaban J connectivity index is 2.46. The molecule has 0 fully saturated rings. The average molecular weight is 227 g/mol. The van der Waals surface area contributed by atoms with Crippen LogP contribution in [0.3, 0.4) is 0 Å². The van der Waals surface area contributed by atoms with Crippen LogP contribution < -0.4 is 0 Å². The van der Waals surface area contributed by atoms with Crippen LogP contribution >= 0.6 is 22.9 Å². The molecule has 1 aromatic carbocycles. The minimum atomic E-state index is -0.803. The summed E-state index contributed by atoms with van der Waals surface area (Å²) in [7, 11) is 0. The lowest BCUT2D eigenvalue weighted by molar-refractivity contribution is -0.136. The van der Waals surface area contributed by atoms with E-state index in [2.05, 4.69) is 0 Å². The van der Waals surface area contributed by atoms with Crippen molar-refractivity contribution < 1.29 is 9.90 Å². The van der Waals surface area contributed by atoms with Crippen molar-refractivity contribution >= 4 is 39.0 Å². The molecular formula is C10H7ClO2S. The molecule has 0 saturated heterocycles. The van der Waals surface area contributed by atoms with Crippen LogP contribution in [0.5, 0.6) is 0 Å². The van der Waals surface area contributed by atoms with Gasteiger partial charge in [0.05, 0.1) is 6.42 Å². The fourth-order valence-electron chi connectivity index (χ4n) is 1.30. The van der Waals surface area contributed by atoms with E-state index in [-0.39, 0.29) is 6.42 Å². The predicted octanol–water partition coefficient (Wildman–Crippen LogP) is 3.18. The first-order chi connectivity index (χ1) is 6.65. The number of aliphatic carboxylic acids is 1. The van der Waals surface area contributed by atoms with Gasteiger partial charge in [0.15, 0.2) is 0 Å². The van der Waals surface area contributed by atoms with Crippen molar-refractivity contribution in [3.8, 4) is 0 Å². The Bertz CT molecular complexity index is 490. The van der Waals surface area contributed by atoms with Crippen molar-refractivity contribution in [1.29, 1.82) is 0 Å². The molecule has 2 nitrogen and oxygen atoms in total. The number of carboxylic acids is 1. The smallest absolute Gasteiger partial charge is 0.308 e. The van der Waals surface area contributed by atoms with Gasteiger partial charge in [0.1, 0.15) is 0 Å². The monoisotopic (exact) mass is 226 g/mol. The van der Waals surface area contributed by atoms with Crippen LogP contribution in [0.15, 0.2) is 24.3 Å². The Morgan fingerprint density at radius 2 is 2.21 bits per heavy atom. The summed E-state index contributed by atoms with van der Waals surface area (Å²) < 4.78 is 1.04. The van der Waals surface area contributed by atoms with E-state index in [9.17, 15) is 4.79 Å². The Morgan fingerprint density at radius 3 is 2.93 bits per heavy atom. The van der Waals surface area contributed by atoms with E-state index in [0.717, 1.165) is 15.0 Å². The molecule has 2 rings (SSSR count). The second-order valence-corrected chi connectivity index (χ2v) is 4.57. The van der Waals surface area contributed by atoms with Crippen LogP contribution in [0.2, 0.25) is 5.02 Å². The second kappa shape index (κ2) is 3.59. The Kier molecular flexibility index (Phi) is 2.44. The molecule has 14 heavy (non-hydrogen) atoms. The third-order valence-corrected chi connectivity index (χ3v) is 3.19. The highest BCUT2D eigenvalue weighted by Gasteiger charge is 2.05. The lowest BCUT2D eigenvalue weighted by Gasteiger charge is -1.88. The molecule has 4 heteroatoms. The summed E-state index contributed by atoms with van der Waals surface area (Å²) in [6.45, 7) is 0. The Morgan fingerprint density at radius 1 is 1.43 bits per heavy atom. The van der Waals surface area contributed by atoms with Crippen molar-refractivity contribution in [2.45, 2.75) is 6.42 Å². The van der Waals surface area contributed by atoms with Crippen molar-refractivity contribution in [1.82, 2.24) is 0 Å². The normalized spacial score (nSPS) is 10.6. The molecule has 2 aromatic rings. The number of thiophene rings is 1. The van der Waals surface area contributed by atoms with Gasteiger partial charge >= 0.3 is 5.97 Å². The minimum absolute atomic E-state index is 0.0803. The van der Waals surface area contributed by atoms with Gasteiger partial charge < -0.3 is 5.11 Å². The first-order valence-electron chi connectivity index (χ1n) is 4.05. The van der Waals surface area contributed by atoms with Gasteiger partial charge in [-0.2, -0.15) is 0 Å². The van der Waals surface area contributed by atoms with Crippen LogP contribution in [0, 0.1) is 0 Å². The number of carboxylic acid groups (broad SMARTS) is 1. The fourth-order valence-corrected chi connectivity index (χ4v) is 2.63. The number of hydrogen-bond donors (Lipinski definition) is 1. The van der Waals surface area contributed by atoms with E-state index < -0.39 is 5.97 Å². The maximum absolute atomic E-state index is 10.5. The van der Waals surface area contributed by atoms with E-state index in [4.69, 9.17) is 16.7 Å². The number of rotatable bonds is 2. The Hall–Kier alpha value is -1.06. The van der Waals surface area contributed by atoms with Gasteiger partial charge in [0, 0.05) is 14.6 Å².